The van der Waals surface area contributed by atoms with Crippen molar-refractivity contribution in [3.05, 3.63) is 0 Å². The van der Waals surface area contributed by atoms with E-state index in [2.05, 4.69) is 42.9 Å². The Morgan fingerprint density at radius 2 is 2.18 bits per heavy atom. The Balaban J connectivity index is 1.92. The van der Waals surface area contributed by atoms with Crippen LogP contribution < -0.4 is 5.32 Å². The van der Waals surface area contributed by atoms with E-state index in [4.69, 9.17) is 0 Å². The highest BCUT2D eigenvalue weighted by Gasteiger charge is 2.33. The van der Waals surface area contributed by atoms with Crippen LogP contribution in [0.5, 0.6) is 0 Å². The number of likely N-dealkylation sites (tertiary alicyclic amines) is 1. The van der Waals surface area contributed by atoms with E-state index in [1.54, 1.807) is 0 Å². The molecule has 0 saturated carbocycles. The Morgan fingerprint density at radius 3 is 2.65 bits per heavy atom. The summed E-state index contributed by atoms with van der Waals surface area (Å²) in [6.45, 7) is 10.7. The maximum absolute atomic E-state index is 3.63. The molecular weight excluding hydrogens is 210 g/mol. The van der Waals surface area contributed by atoms with Gasteiger partial charge < -0.3 is 10.2 Å². The van der Waals surface area contributed by atoms with E-state index in [1.807, 2.05) is 0 Å². The first-order valence-corrected chi connectivity index (χ1v) is 7.27. The summed E-state index contributed by atoms with van der Waals surface area (Å²) in [5, 5.41) is 3.63. The van der Waals surface area contributed by atoms with Crippen LogP contribution in [0.1, 0.15) is 40.0 Å². The molecule has 100 valence electrons. The average Bonchev–Trinajstić information content (AvgIpc) is 2.86. The van der Waals surface area contributed by atoms with E-state index in [-0.39, 0.29) is 0 Å². The summed E-state index contributed by atoms with van der Waals surface area (Å²) in [5.74, 6) is 0. The molecule has 2 fully saturated rings. The summed E-state index contributed by atoms with van der Waals surface area (Å²) < 4.78 is 0. The van der Waals surface area contributed by atoms with Crippen LogP contribution in [-0.2, 0) is 0 Å². The lowest BCUT2D eigenvalue weighted by molar-refractivity contribution is 0.142. The molecule has 3 unspecified atom stereocenters. The molecule has 2 aliphatic rings. The van der Waals surface area contributed by atoms with E-state index in [9.17, 15) is 0 Å². The first-order chi connectivity index (χ1) is 8.08. The first kappa shape index (κ1) is 13.3. The van der Waals surface area contributed by atoms with Crippen molar-refractivity contribution in [2.75, 3.05) is 26.7 Å². The third-order valence-corrected chi connectivity index (χ3v) is 4.59. The maximum Gasteiger partial charge on any atom is 0.0241 e. The van der Waals surface area contributed by atoms with E-state index >= 15 is 0 Å². The van der Waals surface area contributed by atoms with Crippen LogP contribution in [0, 0.1) is 0 Å². The average molecular weight is 239 g/mol. The monoisotopic (exact) mass is 239 g/mol. The van der Waals surface area contributed by atoms with Crippen LogP contribution in [0.15, 0.2) is 0 Å². The van der Waals surface area contributed by atoms with Crippen LogP contribution >= 0.6 is 0 Å². The summed E-state index contributed by atoms with van der Waals surface area (Å²) >= 11 is 0. The molecule has 1 N–H and O–H groups in total. The minimum atomic E-state index is 0.668. The fourth-order valence-electron chi connectivity index (χ4n) is 3.35. The molecule has 2 saturated heterocycles. The van der Waals surface area contributed by atoms with Gasteiger partial charge in [-0.2, -0.15) is 0 Å². The van der Waals surface area contributed by atoms with Crippen molar-refractivity contribution in [1.82, 2.24) is 15.1 Å². The zero-order chi connectivity index (χ0) is 12.4. The molecule has 2 rings (SSSR count). The van der Waals surface area contributed by atoms with Gasteiger partial charge in [0.05, 0.1) is 0 Å². The Bertz CT molecular complexity index is 226. The van der Waals surface area contributed by atoms with Crippen LogP contribution in [-0.4, -0.2) is 60.6 Å². The van der Waals surface area contributed by atoms with Gasteiger partial charge in [0.1, 0.15) is 0 Å². The minimum Gasteiger partial charge on any atom is -0.313 e. The van der Waals surface area contributed by atoms with Gasteiger partial charge in [0.2, 0.25) is 0 Å². The summed E-state index contributed by atoms with van der Waals surface area (Å²) in [7, 11) is 2.26. The molecule has 3 nitrogen and oxygen atoms in total. The van der Waals surface area contributed by atoms with Crippen molar-refractivity contribution in [3.63, 3.8) is 0 Å². The smallest absolute Gasteiger partial charge is 0.0241 e. The number of hydrogen-bond acceptors (Lipinski definition) is 3. The first-order valence-electron chi connectivity index (χ1n) is 7.27. The SMILES string of the molecule is CC1CC(N(CC2CCCN2)C(C)C)CN1C. The van der Waals surface area contributed by atoms with Crippen molar-refractivity contribution >= 4 is 0 Å². The fraction of sp³-hybridized carbons (Fsp3) is 1.00. The molecule has 0 spiro atoms. The zero-order valence-electron chi connectivity index (χ0n) is 11.9. The summed E-state index contributed by atoms with van der Waals surface area (Å²) in [4.78, 5) is 5.23. The standard InChI is InChI=1S/C14H29N3/c1-11(2)17(9-13-6-5-7-15-13)14-8-12(3)16(4)10-14/h11-15H,5-10H2,1-4H3. The number of nitrogens with one attached hydrogen (secondary N) is 1. The lowest BCUT2D eigenvalue weighted by Gasteiger charge is -2.34. The van der Waals surface area contributed by atoms with Gasteiger partial charge in [-0.1, -0.05) is 0 Å². The molecule has 0 radical (unpaired) electrons. The summed E-state index contributed by atoms with van der Waals surface area (Å²) in [6.07, 6.45) is 4.06. The largest absolute Gasteiger partial charge is 0.313 e. The Kier molecular flexibility index (Phi) is 4.45. The number of likely N-dealkylation sites (N-methyl/N-ethyl adjacent to an activating group) is 1. The second kappa shape index (κ2) is 5.68. The van der Waals surface area contributed by atoms with Crippen LogP contribution in [0.25, 0.3) is 0 Å². The quantitative estimate of drug-likeness (QED) is 0.803. The van der Waals surface area contributed by atoms with Gasteiger partial charge in [-0.15, -0.1) is 0 Å². The van der Waals surface area contributed by atoms with Crippen LogP contribution in [0.2, 0.25) is 0 Å². The van der Waals surface area contributed by atoms with Crippen LogP contribution in [0.3, 0.4) is 0 Å². The Morgan fingerprint density at radius 1 is 1.41 bits per heavy atom. The van der Waals surface area contributed by atoms with E-state index in [0.29, 0.717) is 6.04 Å². The van der Waals surface area contributed by atoms with Crippen molar-refractivity contribution < 1.29 is 0 Å². The fourth-order valence-corrected chi connectivity index (χ4v) is 3.35. The van der Waals surface area contributed by atoms with Gasteiger partial charge >= 0.3 is 0 Å². The zero-order valence-corrected chi connectivity index (χ0v) is 11.9. The van der Waals surface area contributed by atoms with Crippen LogP contribution in [0.4, 0.5) is 0 Å². The molecule has 0 aromatic rings. The van der Waals surface area contributed by atoms with Gasteiger partial charge in [-0.25, -0.2) is 0 Å². The van der Waals surface area contributed by atoms with Gasteiger partial charge in [-0.05, 0) is 53.6 Å². The molecule has 0 amide bonds. The predicted octanol–water partition coefficient (Wildman–Crippen LogP) is 1.54. The van der Waals surface area contributed by atoms with E-state index in [1.165, 1.54) is 38.9 Å². The molecule has 3 atom stereocenters. The van der Waals surface area contributed by atoms with Crippen molar-refractivity contribution in [2.24, 2.45) is 0 Å². The third-order valence-electron chi connectivity index (χ3n) is 4.59. The molecule has 0 aromatic carbocycles. The molecule has 0 bridgehead atoms. The number of rotatable bonds is 4. The Hall–Kier alpha value is -0.120. The second-order valence-electron chi connectivity index (χ2n) is 6.26. The lowest BCUT2D eigenvalue weighted by atomic mass is 10.1. The number of hydrogen-bond donors (Lipinski definition) is 1. The maximum atomic E-state index is 3.63. The highest BCUT2D eigenvalue weighted by atomic mass is 15.3. The van der Waals surface area contributed by atoms with Gasteiger partial charge in [0.15, 0.2) is 0 Å². The van der Waals surface area contributed by atoms with Crippen molar-refractivity contribution in [3.8, 4) is 0 Å². The van der Waals surface area contributed by atoms with Gasteiger partial charge in [0.25, 0.3) is 0 Å². The van der Waals surface area contributed by atoms with E-state index < -0.39 is 0 Å². The third kappa shape index (κ3) is 3.21. The molecule has 2 aliphatic heterocycles. The van der Waals surface area contributed by atoms with Gasteiger partial charge in [-0.3, -0.25) is 4.90 Å². The molecule has 3 heteroatoms. The van der Waals surface area contributed by atoms with Crippen molar-refractivity contribution in [2.45, 2.75) is 64.2 Å². The normalized spacial score (nSPS) is 35.3. The number of nitrogens with zero attached hydrogens (tertiary/aromatic N) is 2. The molecule has 0 aromatic heterocycles. The van der Waals surface area contributed by atoms with Gasteiger partial charge in [0, 0.05) is 37.3 Å². The van der Waals surface area contributed by atoms with Crippen molar-refractivity contribution in [1.29, 1.82) is 0 Å². The highest BCUT2D eigenvalue weighted by molar-refractivity contribution is 4.90. The summed E-state index contributed by atoms with van der Waals surface area (Å²) in [5.41, 5.74) is 0. The molecule has 0 aliphatic carbocycles. The Labute approximate surface area is 107 Å². The second-order valence-corrected chi connectivity index (χ2v) is 6.26. The molecular formula is C14H29N3. The highest BCUT2D eigenvalue weighted by Crippen LogP contribution is 2.23. The summed E-state index contributed by atoms with van der Waals surface area (Å²) in [6, 6.07) is 2.91. The molecule has 17 heavy (non-hydrogen) atoms. The topological polar surface area (TPSA) is 18.5 Å². The predicted molar refractivity (Wildman–Crippen MR) is 73.4 cm³/mol. The van der Waals surface area contributed by atoms with E-state index in [0.717, 1.165) is 18.1 Å². The minimum absolute atomic E-state index is 0.668. The lowest BCUT2D eigenvalue weighted by Crippen LogP contribution is -2.47. The molecule has 2 heterocycles.